The van der Waals surface area contributed by atoms with Gasteiger partial charge >= 0.3 is 0 Å². The van der Waals surface area contributed by atoms with Crippen molar-refractivity contribution in [2.24, 2.45) is 0 Å². The zero-order chi connectivity index (χ0) is 22.5. The summed E-state index contributed by atoms with van der Waals surface area (Å²) in [6, 6.07) is 12.8. The lowest BCUT2D eigenvalue weighted by Gasteiger charge is -2.29. The lowest BCUT2D eigenvalue weighted by atomic mass is 9.85. The van der Waals surface area contributed by atoms with Gasteiger partial charge in [-0.15, -0.1) is 0 Å². The maximum atomic E-state index is 13.6. The van der Waals surface area contributed by atoms with E-state index in [2.05, 4.69) is 41.1 Å². The minimum Gasteiger partial charge on any atom is -0.481 e. The zero-order valence-corrected chi connectivity index (χ0v) is 18.3. The molecule has 1 N–H and O–H groups in total. The van der Waals surface area contributed by atoms with E-state index in [0.717, 1.165) is 33.8 Å². The number of aromatic nitrogens is 4. The van der Waals surface area contributed by atoms with Crippen LogP contribution >= 0.6 is 0 Å². The Morgan fingerprint density at radius 1 is 1.12 bits per heavy atom. The van der Waals surface area contributed by atoms with Gasteiger partial charge in [0.05, 0.1) is 13.2 Å². The first-order valence-corrected chi connectivity index (χ1v) is 10.3. The number of aromatic amines is 1. The van der Waals surface area contributed by atoms with Gasteiger partial charge in [0.2, 0.25) is 5.88 Å². The van der Waals surface area contributed by atoms with Gasteiger partial charge in [0.25, 0.3) is 5.91 Å². The van der Waals surface area contributed by atoms with Crippen LogP contribution in [-0.4, -0.2) is 33.4 Å². The molecule has 0 saturated carbocycles. The summed E-state index contributed by atoms with van der Waals surface area (Å²) in [7, 11) is 1.58. The van der Waals surface area contributed by atoms with E-state index in [1.807, 2.05) is 36.4 Å². The number of nitrogens with one attached hydrogen (secondary N) is 1. The van der Waals surface area contributed by atoms with Gasteiger partial charge < -0.3 is 9.26 Å². The molecule has 8 nitrogen and oxygen atoms in total. The second kappa shape index (κ2) is 7.33. The van der Waals surface area contributed by atoms with Crippen LogP contribution in [-0.2, 0) is 5.41 Å². The number of carbonyl (C=O) groups is 1. The normalized spacial score (nSPS) is 15.8. The Hall–Kier alpha value is -3.94. The van der Waals surface area contributed by atoms with Crippen molar-refractivity contribution in [1.29, 1.82) is 0 Å². The van der Waals surface area contributed by atoms with Gasteiger partial charge in [-0.2, -0.15) is 5.10 Å². The van der Waals surface area contributed by atoms with Crippen molar-refractivity contribution in [2.75, 3.05) is 12.0 Å². The number of amides is 1. The Morgan fingerprint density at radius 2 is 1.91 bits per heavy atom. The molecule has 4 heterocycles. The number of ether oxygens (including phenoxy) is 1. The van der Waals surface area contributed by atoms with E-state index in [4.69, 9.17) is 9.26 Å². The fourth-order valence-electron chi connectivity index (χ4n) is 4.21. The molecule has 162 valence electrons. The topological polar surface area (TPSA) is 97.1 Å². The lowest BCUT2D eigenvalue weighted by Crippen LogP contribution is -2.30. The first kappa shape index (κ1) is 20.0. The van der Waals surface area contributed by atoms with Crippen molar-refractivity contribution in [3.63, 3.8) is 0 Å². The molecule has 1 aliphatic heterocycles. The number of fused-ring (bicyclic) bond motifs is 1. The van der Waals surface area contributed by atoms with Gasteiger partial charge in [-0.3, -0.25) is 14.8 Å². The van der Waals surface area contributed by atoms with E-state index in [-0.39, 0.29) is 11.3 Å². The van der Waals surface area contributed by atoms with E-state index in [1.54, 1.807) is 24.3 Å². The largest absolute Gasteiger partial charge is 0.481 e. The van der Waals surface area contributed by atoms with Crippen LogP contribution in [0.5, 0.6) is 5.88 Å². The molecule has 1 amide bonds. The monoisotopic (exact) mass is 429 g/mol. The third-order valence-corrected chi connectivity index (χ3v) is 5.67. The number of anilines is 1. The number of carbonyl (C=O) groups excluding carboxylic acids is 1. The molecule has 0 spiro atoms. The van der Waals surface area contributed by atoms with Crippen LogP contribution in [0.15, 0.2) is 59.4 Å². The molecule has 5 rings (SSSR count). The van der Waals surface area contributed by atoms with Crippen molar-refractivity contribution in [1.82, 2.24) is 20.3 Å². The molecule has 0 aliphatic carbocycles. The third kappa shape index (κ3) is 3.07. The molecule has 0 radical (unpaired) electrons. The SMILES string of the molecule is COc1ncccc1C1c2c(n[nH]c2C(C)(C)C)C(=O)N1c1ccc(-c2ccon2)cc1. The van der Waals surface area contributed by atoms with Crippen molar-refractivity contribution in [2.45, 2.75) is 32.2 Å². The van der Waals surface area contributed by atoms with Crippen molar-refractivity contribution < 1.29 is 14.1 Å². The molecule has 0 saturated heterocycles. The van der Waals surface area contributed by atoms with E-state index >= 15 is 0 Å². The average molecular weight is 429 g/mol. The molecule has 1 atom stereocenters. The molecule has 4 aromatic rings. The van der Waals surface area contributed by atoms with Crippen LogP contribution in [0.2, 0.25) is 0 Å². The Kier molecular flexibility index (Phi) is 4.58. The number of hydrogen-bond acceptors (Lipinski definition) is 6. The quantitative estimate of drug-likeness (QED) is 0.512. The predicted octanol–water partition coefficient (Wildman–Crippen LogP) is 4.52. The number of methoxy groups -OCH3 is 1. The molecule has 1 aliphatic rings. The van der Waals surface area contributed by atoms with Gasteiger partial charge in [0, 0.05) is 45.7 Å². The standard InChI is InChI=1S/C24H23N5O3/c1-24(2,3)21-18-19(26-27-21)23(30)29(20(18)16-6-5-12-25-22(16)31-4)15-9-7-14(8-10-15)17-11-13-32-28-17/h5-13,20H,1-4H3,(H,26,27). The van der Waals surface area contributed by atoms with Crippen LogP contribution in [0.1, 0.15) is 54.1 Å². The van der Waals surface area contributed by atoms with Gasteiger partial charge in [-0.05, 0) is 24.3 Å². The van der Waals surface area contributed by atoms with Gasteiger partial charge in [0.1, 0.15) is 12.0 Å². The second-order valence-electron chi connectivity index (χ2n) is 8.72. The Balaban J connectivity index is 1.68. The minimum absolute atomic E-state index is 0.170. The highest BCUT2D eigenvalue weighted by Crippen LogP contribution is 2.46. The molecule has 1 unspecified atom stereocenters. The highest BCUT2D eigenvalue weighted by Gasteiger charge is 2.46. The first-order chi connectivity index (χ1) is 15.4. The van der Waals surface area contributed by atoms with Gasteiger partial charge in [0.15, 0.2) is 5.69 Å². The first-order valence-electron chi connectivity index (χ1n) is 10.3. The zero-order valence-electron chi connectivity index (χ0n) is 18.3. The summed E-state index contributed by atoms with van der Waals surface area (Å²) in [4.78, 5) is 19.7. The third-order valence-electron chi connectivity index (χ3n) is 5.67. The van der Waals surface area contributed by atoms with Crippen LogP contribution in [0.3, 0.4) is 0 Å². The summed E-state index contributed by atoms with van der Waals surface area (Å²) < 4.78 is 10.5. The lowest BCUT2D eigenvalue weighted by molar-refractivity contribution is 0.0988. The number of rotatable bonds is 4. The number of H-pyrrole nitrogens is 1. The van der Waals surface area contributed by atoms with E-state index in [9.17, 15) is 4.79 Å². The highest BCUT2D eigenvalue weighted by molar-refractivity contribution is 6.11. The summed E-state index contributed by atoms with van der Waals surface area (Å²) in [5.74, 6) is 0.306. The average Bonchev–Trinajstić information content (AvgIpc) is 3.51. The summed E-state index contributed by atoms with van der Waals surface area (Å²) in [5, 5.41) is 11.5. The fraction of sp³-hybridized carbons (Fsp3) is 0.250. The number of hydrogen-bond donors (Lipinski definition) is 1. The molecule has 32 heavy (non-hydrogen) atoms. The van der Waals surface area contributed by atoms with Crippen LogP contribution in [0.25, 0.3) is 11.3 Å². The fourth-order valence-corrected chi connectivity index (χ4v) is 4.21. The van der Waals surface area contributed by atoms with Gasteiger partial charge in [-0.1, -0.05) is 38.1 Å². The van der Waals surface area contributed by atoms with Crippen LogP contribution in [0.4, 0.5) is 5.69 Å². The van der Waals surface area contributed by atoms with E-state index < -0.39 is 6.04 Å². The second-order valence-corrected chi connectivity index (χ2v) is 8.72. The number of benzene rings is 1. The molecule has 1 aromatic carbocycles. The number of pyridine rings is 1. The van der Waals surface area contributed by atoms with E-state index in [0.29, 0.717) is 11.6 Å². The highest BCUT2D eigenvalue weighted by atomic mass is 16.5. The molecule has 0 fully saturated rings. The molecule has 8 heteroatoms. The summed E-state index contributed by atoms with van der Waals surface area (Å²) in [6.07, 6.45) is 3.21. The molecular formula is C24H23N5O3. The summed E-state index contributed by atoms with van der Waals surface area (Å²) in [5.41, 5.74) is 5.14. The molecule has 0 bridgehead atoms. The summed E-state index contributed by atoms with van der Waals surface area (Å²) >= 11 is 0. The van der Waals surface area contributed by atoms with Gasteiger partial charge in [-0.25, -0.2) is 4.98 Å². The predicted molar refractivity (Wildman–Crippen MR) is 119 cm³/mol. The van der Waals surface area contributed by atoms with Crippen molar-refractivity contribution in [3.8, 4) is 17.1 Å². The Labute approximate surface area is 185 Å². The molecule has 3 aromatic heterocycles. The van der Waals surface area contributed by atoms with Crippen molar-refractivity contribution >= 4 is 11.6 Å². The molecular weight excluding hydrogens is 406 g/mol. The smallest absolute Gasteiger partial charge is 0.280 e. The maximum absolute atomic E-state index is 13.6. The summed E-state index contributed by atoms with van der Waals surface area (Å²) in [6.45, 7) is 6.29. The Bertz CT molecular complexity index is 1270. The maximum Gasteiger partial charge on any atom is 0.280 e. The van der Waals surface area contributed by atoms with Crippen molar-refractivity contribution in [3.05, 3.63) is 77.4 Å². The van der Waals surface area contributed by atoms with E-state index in [1.165, 1.54) is 6.26 Å². The number of nitrogens with zero attached hydrogens (tertiary/aromatic N) is 4. The van der Waals surface area contributed by atoms with Crippen LogP contribution < -0.4 is 9.64 Å². The minimum atomic E-state index is -0.424. The Morgan fingerprint density at radius 3 is 2.56 bits per heavy atom. The van der Waals surface area contributed by atoms with Crippen LogP contribution in [0, 0.1) is 0 Å².